The molecule has 0 bridgehead atoms. The first-order chi connectivity index (χ1) is 8.51. The number of carbonyl (C=O) groups is 3. The van der Waals surface area contributed by atoms with E-state index in [1.165, 1.54) is 34.1 Å². The summed E-state index contributed by atoms with van der Waals surface area (Å²) in [6.07, 6.45) is 1.30. The van der Waals surface area contributed by atoms with Crippen molar-refractivity contribution in [1.29, 1.82) is 0 Å². The van der Waals surface area contributed by atoms with Crippen molar-refractivity contribution >= 4 is 17.7 Å². The van der Waals surface area contributed by atoms with Crippen molar-refractivity contribution < 1.29 is 23.9 Å². The Hall–Kier alpha value is -1.65. The Morgan fingerprint density at radius 2 is 1.21 bits per heavy atom. The molecule has 5 heteroatoms. The van der Waals surface area contributed by atoms with Crippen molar-refractivity contribution in [3.8, 4) is 0 Å². The molecule has 0 atom stereocenters. The van der Waals surface area contributed by atoms with Gasteiger partial charge < -0.3 is 9.47 Å². The van der Waals surface area contributed by atoms with Crippen LogP contribution in [-0.2, 0) is 23.9 Å². The standard InChI is InChI=1S/C14H22O5/c1-9(13(2,3)11(16)18-6)8-10(15)14(4,5)12(17)19-7/h8H,1-7H3/b9-8+. The lowest BCUT2D eigenvalue weighted by atomic mass is 9.81. The largest absolute Gasteiger partial charge is 0.468 e. The van der Waals surface area contributed by atoms with E-state index in [1.54, 1.807) is 20.8 Å². The minimum Gasteiger partial charge on any atom is -0.468 e. The number of esters is 2. The van der Waals surface area contributed by atoms with E-state index in [4.69, 9.17) is 0 Å². The molecule has 0 unspecified atom stereocenters. The molecule has 0 rings (SSSR count). The third kappa shape index (κ3) is 3.66. The van der Waals surface area contributed by atoms with Gasteiger partial charge in [0.15, 0.2) is 5.78 Å². The first-order valence-corrected chi connectivity index (χ1v) is 5.91. The van der Waals surface area contributed by atoms with Crippen LogP contribution in [0.3, 0.4) is 0 Å². The van der Waals surface area contributed by atoms with Crippen LogP contribution in [0.1, 0.15) is 34.6 Å². The molecule has 0 fully saturated rings. The predicted molar refractivity (Wildman–Crippen MR) is 70.4 cm³/mol. The summed E-state index contributed by atoms with van der Waals surface area (Å²) in [5.74, 6) is -1.46. The maximum absolute atomic E-state index is 12.1. The molecule has 0 aromatic carbocycles. The number of hydrogen-bond donors (Lipinski definition) is 0. The van der Waals surface area contributed by atoms with Gasteiger partial charge in [-0.15, -0.1) is 0 Å². The van der Waals surface area contributed by atoms with Gasteiger partial charge in [-0.2, -0.15) is 0 Å². The molecule has 0 aliphatic rings. The number of rotatable bonds is 5. The molecule has 0 spiro atoms. The highest BCUT2D eigenvalue weighted by Crippen LogP contribution is 2.29. The summed E-state index contributed by atoms with van der Waals surface area (Å²) in [6.45, 7) is 7.93. The first kappa shape index (κ1) is 17.4. The number of ketones is 1. The van der Waals surface area contributed by atoms with Crippen LogP contribution in [0, 0.1) is 10.8 Å². The van der Waals surface area contributed by atoms with Crippen LogP contribution in [-0.4, -0.2) is 31.9 Å². The quantitative estimate of drug-likeness (QED) is 0.433. The molecule has 0 heterocycles. The summed E-state index contributed by atoms with van der Waals surface area (Å²) in [4.78, 5) is 35.3. The van der Waals surface area contributed by atoms with Gasteiger partial charge in [-0.25, -0.2) is 0 Å². The van der Waals surface area contributed by atoms with E-state index in [1.807, 2.05) is 0 Å². The van der Waals surface area contributed by atoms with Gasteiger partial charge in [0.05, 0.1) is 19.6 Å². The van der Waals surface area contributed by atoms with Crippen molar-refractivity contribution in [3.05, 3.63) is 11.6 Å². The van der Waals surface area contributed by atoms with E-state index in [9.17, 15) is 14.4 Å². The van der Waals surface area contributed by atoms with Crippen molar-refractivity contribution in [2.75, 3.05) is 14.2 Å². The van der Waals surface area contributed by atoms with Crippen molar-refractivity contribution in [1.82, 2.24) is 0 Å². The zero-order valence-electron chi connectivity index (χ0n) is 12.6. The second-order valence-electron chi connectivity index (χ2n) is 5.42. The zero-order valence-corrected chi connectivity index (χ0v) is 12.6. The summed E-state index contributed by atoms with van der Waals surface area (Å²) in [6, 6.07) is 0. The predicted octanol–water partition coefficient (Wildman–Crippen LogP) is 1.90. The Bertz CT molecular complexity index is 416. The highest BCUT2D eigenvalue weighted by atomic mass is 16.5. The lowest BCUT2D eigenvalue weighted by molar-refractivity contribution is -0.154. The molecule has 0 saturated carbocycles. The fourth-order valence-corrected chi connectivity index (χ4v) is 1.33. The Labute approximate surface area is 114 Å². The van der Waals surface area contributed by atoms with Gasteiger partial charge in [0.1, 0.15) is 5.41 Å². The van der Waals surface area contributed by atoms with E-state index in [0.29, 0.717) is 5.57 Å². The van der Waals surface area contributed by atoms with E-state index in [0.717, 1.165) is 0 Å². The van der Waals surface area contributed by atoms with Crippen LogP contribution < -0.4 is 0 Å². The van der Waals surface area contributed by atoms with Gasteiger partial charge in [0.2, 0.25) is 0 Å². The average Bonchev–Trinajstić information content (AvgIpc) is 2.35. The Morgan fingerprint density at radius 3 is 1.58 bits per heavy atom. The fraction of sp³-hybridized carbons (Fsp3) is 0.643. The Morgan fingerprint density at radius 1 is 0.842 bits per heavy atom. The number of carbonyl (C=O) groups excluding carboxylic acids is 3. The minimum absolute atomic E-state index is 0.408. The summed E-state index contributed by atoms with van der Waals surface area (Å²) >= 11 is 0. The highest BCUT2D eigenvalue weighted by molar-refractivity contribution is 6.09. The van der Waals surface area contributed by atoms with Gasteiger partial charge >= 0.3 is 11.9 Å². The number of ether oxygens (including phenoxy) is 2. The van der Waals surface area contributed by atoms with Gasteiger partial charge in [-0.3, -0.25) is 14.4 Å². The Kier molecular flexibility index (Phi) is 5.47. The highest BCUT2D eigenvalue weighted by Gasteiger charge is 2.38. The molecule has 0 N–H and O–H groups in total. The third-order valence-electron chi connectivity index (χ3n) is 3.34. The number of allylic oxidation sites excluding steroid dienone is 1. The SMILES string of the molecule is COC(=O)C(C)(C)C(=O)/C=C(\C)C(C)(C)C(=O)OC. The second kappa shape index (κ2) is 5.99. The zero-order chi connectivity index (χ0) is 15.4. The van der Waals surface area contributed by atoms with E-state index in [-0.39, 0.29) is 0 Å². The lowest BCUT2D eigenvalue weighted by Crippen LogP contribution is -2.34. The van der Waals surface area contributed by atoms with Crippen LogP contribution in [0.2, 0.25) is 0 Å². The van der Waals surface area contributed by atoms with Gasteiger partial charge in [0.25, 0.3) is 0 Å². The lowest BCUT2D eigenvalue weighted by Gasteiger charge is -2.24. The van der Waals surface area contributed by atoms with Crippen LogP contribution in [0.25, 0.3) is 0 Å². The summed E-state index contributed by atoms with van der Waals surface area (Å²) in [5, 5.41) is 0. The van der Waals surface area contributed by atoms with Crippen molar-refractivity contribution in [3.63, 3.8) is 0 Å². The molecule has 0 aliphatic heterocycles. The molecule has 5 nitrogen and oxygen atoms in total. The van der Waals surface area contributed by atoms with E-state index in [2.05, 4.69) is 9.47 Å². The molecule has 0 radical (unpaired) electrons. The maximum atomic E-state index is 12.1. The maximum Gasteiger partial charge on any atom is 0.319 e. The van der Waals surface area contributed by atoms with Crippen molar-refractivity contribution in [2.45, 2.75) is 34.6 Å². The molecule has 0 aliphatic carbocycles. The summed E-state index contributed by atoms with van der Waals surface area (Å²) in [7, 11) is 2.52. The van der Waals surface area contributed by atoms with Gasteiger partial charge in [-0.05, 0) is 40.7 Å². The monoisotopic (exact) mass is 270 g/mol. The molecular formula is C14H22O5. The third-order valence-corrected chi connectivity index (χ3v) is 3.34. The van der Waals surface area contributed by atoms with Crippen LogP contribution >= 0.6 is 0 Å². The summed E-state index contributed by atoms with van der Waals surface area (Å²) in [5.41, 5.74) is -1.67. The molecule has 0 amide bonds. The molecular weight excluding hydrogens is 248 g/mol. The van der Waals surface area contributed by atoms with E-state index < -0.39 is 28.6 Å². The molecule has 0 saturated heterocycles. The second-order valence-corrected chi connectivity index (χ2v) is 5.42. The topological polar surface area (TPSA) is 69.7 Å². The summed E-state index contributed by atoms with van der Waals surface area (Å²) < 4.78 is 9.28. The van der Waals surface area contributed by atoms with Crippen LogP contribution in [0.5, 0.6) is 0 Å². The molecule has 19 heavy (non-hydrogen) atoms. The molecule has 0 aromatic heterocycles. The molecule has 108 valence electrons. The fourth-order valence-electron chi connectivity index (χ4n) is 1.33. The minimum atomic E-state index is -1.28. The number of hydrogen-bond acceptors (Lipinski definition) is 5. The average molecular weight is 270 g/mol. The Balaban J connectivity index is 5.32. The number of methoxy groups -OCH3 is 2. The smallest absolute Gasteiger partial charge is 0.319 e. The van der Waals surface area contributed by atoms with Crippen LogP contribution in [0.15, 0.2) is 11.6 Å². The van der Waals surface area contributed by atoms with Gasteiger partial charge in [-0.1, -0.05) is 5.57 Å². The van der Waals surface area contributed by atoms with Crippen molar-refractivity contribution in [2.24, 2.45) is 10.8 Å². The first-order valence-electron chi connectivity index (χ1n) is 5.91. The normalized spacial score (nSPS) is 12.9. The van der Waals surface area contributed by atoms with Gasteiger partial charge in [0, 0.05) is 0 Å². The van der Waals surface area contributed by atoms with E-state index >= 15 is 0 Å². The molecule has 0 aromatic rings. The van der Waals surface area contributed by atoms with Crippen LogP contribution in [0.4, 0.5) is 0 Å².